The highest BCUT2D eigenvalue weighted by molar-refractivity contribution is 7.11. The van der Waals surface area contributed by atoms with E-state index in [2.05, 4.69) is 9.88 Å². The molecule has 0 saturated carbocycles. The Morgan fingerprint density at radius 3 is 2.71 bits per heavy atom. The quantitative estimate of drug-likeness (QED) is 0.898. The summed E-state index contributed by atoms with van der Waals surface area (Å²) in [6.45, 7) is 6.48. The van der Waals surface area contributed by atoms with Gasteiger partial charge in [-0.2, -0.15) is 0 Å². The molecule has 0 amide bonds. The maximum absolute atomic E-state index is 11.1. The van der Waals surface area contributed by atoms with Crippen LogP contribution < -0.4 is 0 Å². The van der Waals surface area contributed by atoms with Crippen molar-refractivity contribution in [3.05, 3.63) is 16.1 Å². The summed E-state index contributed by atoms with van der Waals surface area (Å²) in [7, 11) is 0. The Bertz CT molecular complexity index is 408. The Morgan fingerprint density at radius 1 is 1.59 bits per heavy atom. The van der Waals surface area contributed by atoms with Gasteiger partial charge in [-0.1, -0.05) is 0 Å². The average molecular weight is 254 g/mol. The first-order valence-electron chi connectivity index (χ1n) is 5.87. The molecule has 1 N–H and O–H groups in total. The van der Waals surface area contributed by atoms with E-state index in [-0.39, 0.29) is 0 Å². The van der Waals surface area contributed by atoms with Gasteiger partial charge in [0.15, 0.2) is 0 Å². The summed E-state index contributed by atoms with van der Waals surface area (Å²) in [5, 5.41) is 10.2. The predicted molar refractivity (Wildman–Crippen MR) is 67.1 cm³/mol. The van der Waals surface area contributed by atoms with Gasteiger partial charge in [0.1, 0.15) is 0 Å². The van der Waals surface area contributed by atoms with Gasteiger partial charge in [-0.15, -0.1) is 11.3 Å². The van der Waals surface area contributed by atoms with Crippen LogP contribution in [0.1, 0.15) is 29.7 Å². The van der Waals surface area contributed by atoms with Crippen LogP contribution in [0, 0.1) is 12.3 Å². The van der Waals surface area contributed by atoms with Crippen LogP contribution >= 0.6 is 11.3 Å². The lowest BCUT2D eigenvalue weighted by atomic mass is 9.80. The summed E-state index contributed by atoms with van der Waals surface area (Å²) in [5.74, 6) is -0.661. The number of likely N-dealkylation sites (tertiary alicyclic amines) is 1. The molecule has 0 bridgehead atoms. The molecule has 1 fully saturated rings. The van der Waals surface area contributed by atoms with E-state index in [9.17, 15) is 4.79 Å². The molecule has 1 aliphatic heterocycles. The standard InChI is InChI=1S/C12H18N2O2S/c1-9-13-7-10(17-9)8-14-5-3-12(2,4-6-14)11(15)16/h7H,3-6,8H2,1-2H3,(H,15,16). The Kier molecular flexibility index (Phi) is 3.49. The molecule has 17 heavy (non-hydrogen) atoms. The molecule has 2 heterocycles. The number of aromatic nitrogens is 1. The molecule has 0 aliphatic carbocycles. The maximum atomic E-state index is 11.1. The first-order chi connectivity index (χ1) is 7.99. The fraction of sp³-hybridized carbons (Fsp3) is 0.667. The van der Waals surface area contributed by atoms with Gasteiger partial charge in [0.25, 0.3) is 0 Å². The van der Waals surface area contributed by atoms with Crippen molar-refractivity contribution < 1.29 is 9.90 Å². The van der Waals surface area contributed by atoms with Crippen molar-refractivity contribution in [2.75, 3.05) is 13.1 Å². The van der Waals surface area contributed by atoms with Gasteiger partial charge < -0.3 is 5.11 Å². The number of thiazole rings is 1. The smallest absolute Gasteiger partial charge is 0.309 e. The number of nitrogens with zero attached hydrogens (tertiary/aromatic N) is 2. The van der Waals surface area contributed by atoms with E-state index in [1.807, 2.05) is 20.0 Å². The molecular formula is C12H18N2O2S. The summed E-state index contributed by atoms with van der Waals surface area (Å²) < 4.78 is 0. The lowest BCUT2D eigenvalue weighted by Crippen LogP contribution is -2.42. The number of carbonyl (C=O) groups is 1. The van der Waals surface area contributed by atoms with Gasteiger partial charge in [0.2, 0.25) is 0 Å². The largest absolute Gasteiger partial charge is 0.481 e. The molecule has 94 valence electrons. The predicted octanol–water partition coefficient (Wildman–Crippen LogP) is 2.14. The van der Waals surface area contributed by atoms with Crippen LogP contribution in [0.25, 0.3) is 0 Å². The number of hydrogen-bond donors (Lipinski definition) is 1. The van der Waals surface area contributed by atoms with Crippen LogP contribution in [0.3, 0.4) is 0 Å². The highest BCUT2D eigenvalue weighted by Gasteiger charge is 2.36. The number of aliphatic carboxylic acids is 1. The van der Waals surface area contributed by atoms with Crippen LogP contribution in [0.5, 0.6) is 0 Å². The second kappa shape index (κ2) is 4.74. The molecule has 1 aromatic rings. The van der Waals surface area contributed by atoms with Gasteiger partial charge in [-0.25, -0.2) is 4.98 Å². The second-order valence-corrected chi connectivity index (χ2v) is 6.31. The number of carboxylic acids is 1. The zero-order chi connectivity index (χ0) is 12.5. The van der Waals surface area contributed by atoms with E-state index in [0.717, 1.165) is 37.5 Å². The summed E-state index contributed by atoms with van der Waals surface area (Å²) >= 11 is 1.72. The van der Waals surface area contributed by atoms with Gasteiger partial charge >= 0.3 is 5.97 Å². The number of carboxylic acid groups (broad SMARTS) is 1. The van der Waals surface area contributed by atoms with Crippen molar-refractivity contribution >= 4 is 17.3 Å². The van der Waals surface area contributed by atoms with Gasteiger partial charge in [-0.05, 0) is 39.8 Å². The Morgan fingerprint density at radius 2 is 2.24 bits per heavy atom. The summed E-state index contributed by atoms with van der Waals surface area (Å²) in [6, 6.07) is 0. The van der Waals surface area contributed by atoms with Crippen molar-refractivity contribution in [1.29, 1.82) is 0 Å². The van der Waals surface area contributed by atoms with E-state index in [4.69, 9.17) is 5.11 Å². The highest BCUT2D eigenvalue weighted by Crippen LogP contribution is 2.31. The zero-order valence-corrected chi connectivity index (χ0v) is 11.1. The number of aryl methyl sites for hydroxylation is 1. The summed E-state index contributed by atoms with van der Waals surface area (Å²) in [5.41, 5.74) is -0.528. The maximum Gasteiger partial charge on any atom is 0.309 e. The minimum atomic E-state index is -0.661. The SMILES string of the molecule is Cc1ncc(CN2CCC(C)(C(=O)O)CC2)s1. The highest BCUT2D eigenvalue weighted by atomic mass is 32.1. The molecule has 0 spiro atoms. The van der Waals surface area contributed by atoms with Crippen LogP contribution in [0.2, 0.25) is 0 Å². The molecule has 0 radical (unpaired) electrons. The molecule has 5 heteroatoms. The van der Waals surface area contributed by atoms with E-state index < -0.39 is 11.4 Å². The average Bonchev–Trinajstić information content (AvgIpc) is 2.67. The van der Waals surface area contributed by atoms with E-state index in [1.54, 1.807) is 11.3 Å². The van der Waals surface area contributed by atoms with Gasteiger partial charge in [0.05, 0.1) is 10.4 Å². The number of piperidine rings is 1. The topological polar surface area (TPSA) is 53.4 Å². The molecule has 0 atom stereocenters. The van der Waals surface area contributed by atoms with E-state index in [0.29, 0.717) is 0 Å². The van der Waals surface area contributed by atoms with Crippen LogP contribution in [0.4, 0.5) is 0 Å². The fourth-order valence-corrected chi connectivity index (χ4v) is 2.95. The van der Waals surface area contributed by atoms with Crippen LogP contribution in [-0.2, 0) is 11.3 Å². The molecule has 1 saturated heterocycles. The van der Waals surface area contributed by atoms with Crippen molar-refractivity contribution in [3.63, 3.8) is 0 Å². The minimum absolute atomic E-state index is 0.528. The van der Waals surface area contributed by atoms with Crippen LogP contribution in [-0.4, -0.2) is 34.0 Å². The van der Waals surface area contributed by atoms with E-state index >= 15 is 0 Å². The lowest BCUT2D eigenvalue weighted by molar-refractivity contribution is -0.150. The second-order valence-electron chi connectivity index (χ2n) is 4.99. The van der Waals surface area contributed by atoms with Gasteiger partial charge in [-0.3, -0.25) is 9.69 Å². The first-order valence-corrected chi connectivity index (χ1v) is 6.68. The third kappa shape index (κ3) is 2.84. The molecule has 1 aliphatic rings. The fourth-order valence-electron chi connectivity index (χ4n) is 2.12. The summed E-state index contributed by atoms with van der Waals surface area (Å²) in [4.78, 5) is 18.9. The van der Waals surface area contributed by atoms with Crippen LogP contribution in [0.15, 0.2) is 6.20 Å². The van der Waals surface area contributed by atoms with Crippen molar-refractivity contribution in [1.82, 2.24) is 9.88 Å². The Hall–Kier alpha value is -0.940. The van der Waals surface area contributed by atoms with E-state index in [1.165, 1.54) is 4.88 Å². The van der Waals surface area contributed by atoms with Crippen molar-refractivity contribution in [3.8, 4) is 0 Å². The minimum Gasteiger partial charge on any atom is -0.481 e. The summed E-state index contributed by atoms with van der Waals surface area (Å²) in [6.07, 6.45) is 3.39. The van der Waals surface area contributed by atoms with Gasteiger partial charge in [0, 0.05) is 17.6 Å². The molecule has 2 rings (SSSR count). The normalized spacial score (nSPS) is 20.4. The van der Waals surface area contributed by atoms with Crippen molar-refractivity contribution in [2.45, 2.75) is 33.2 Å². The molecule has 0 aromatic carbocycles. The zero-order valence-electron chi connectivity index (χ0n) is 10.3. The van der Waals surface area contributed by atoms with Crippen molar-refractivity contribution in [2.24, 2.45) is 5.41 Å². The third-order valence-electron chi connectivity index (χ3n) is 3.52. The third-order valence-corrected chi connectivity index (χ3v) is 4.42. The Labute approximate surface area is 105 Å². The lowest BCUT2D eigenvalue weighted by Gasteiger charge is -2.36. The Balaban J connectivity index is 1.89. The number of rotatable bonds is 3. The first kappa shape index (κ1) is 12.5. The molecule has 1 aromatic heterocycles. The molecule has 4 nitrogen and oxygen atoms in total. The molecule has 0 unspecified atom stereocenters. The monoisotopic (exact) mass is 254 g/mol. The number of hydrogen-bond acceptors (Lipinski definition) is 4. The molecular weight excluding hydrogens is 236 g/mol.